The third kappa shape index (κ3) is 9.94. The molecule has 110 valence electrons. The standard InChI is InChI=1S/C15H23FN4/c1-5-14(16)9-11-18-12-17-10-8-13(4)20-15(6-2)19-7-3/h8-12H,4-7H2,1-3H3,(H,19,20)/b10-8-,14-9+,17-12-,18-11-. The van der Waals surface area contributed by atoms with Crippen molar-refractivity contribution in [2.75, 3.05) is 6.54 Å². The van der Waals surface area contributed by atoms with E-state index in [1.807, 2.05) is 13.8 Å². The topological polar surface area (TPSA) is 49.1 Å². The summed E-state index contributed by atoms with van der Waals surface area (Å²) in [6.45, 7) is 10.3. The molecule has 0 aromatic heterocycles. The first-order valence-electron chi connectivity index (χ1n) is 6.69. The van der Waals surface area contributed by atoms with Gasteiger partial charge < -0.3 is 5.32 Å². The lowest BCUT2D eigenvalue weighted by Gasteiger charge is -2.06. The second kappa shape index (κ2) is 12.0. The summed E-state index contributed by atoms with van der Waals surface area (Å²) in [5, 5.41) is 3.09. The van der Waals surface area contributed by atoms with E-state index in [-0.39, 0.29) is 5.83 Å². The maximum absolute atomic E-state index is 12.7. The summed E-state index contributed by atoms with van der Waals surface area (Å²) in [5.74, 6) is 0.682. The van der Waals surface area contributed by atoms with Gasteiger partial charge in [-0.1, -0.05) is 20.4 Å². The van der Waals surface area contributed by atoms with Crippen LogP contribution in [0, 0.1) is 0 Å². The number of nitrogens with one attached hydrogen (secondary N) is 1. The maximum Gasteiger partial charge on any atom is 0.115 e. The van der Waals surface area contributed by atoms with Crippen molar-refractivity contribution in [1.82, 2.24) is 5.32 Å². The van der Waals surface area contributed by atoms with Crippen LogP contribution >= 0.6 is 0 Å². The van der Waals surface area contributed by atoms with Gasteiger partial charge in [0.15, 0.2) is 0 Å². The Kier molecular flexibility index (Phi) is 10.8. The zero-order chi connectivity index (χ0) is 15.2. The smallest absolute Gasteiger partial charge is 0.115 e. The van der Waals surface area contributed by atoms with E-state index in [1.165, 1.54) is 18.6 Å². The van der Waals surface area contributed by atoms with Gasteiger partial charge in [-0.3, -0.25) is 4.99 Å². The van der Waals surface area contributed by atoms with Crippen LogP contribution in [0.2, 0.25) is 0 Å². The summed E-state index contributed by atoms with van der Waals surface area (Å²) in [7, 11) is 0. The summed E-state index contributed by atoms with van der Waals surface area (Å²) in [5.41, 5.74) is 0.706. The predicted octanol–water partition coefficient (Wildman–Crippen LogP) is 3.79. The van der Waals surface area contributed by atoms with Crippen molar-refractivity contribution in [3.05, 3.63) is 36.5 Å². The normalized spacial score (nSPS) is 13.8. The highest BCUT2D eigenvalue weighted by molar-refractivity contribution is 5.83. The van der Waals surface area contributed by atoms with Crippen molar-refractivity contribution < 1.29 is 4.39 Å². The van der Waals surface area contributed by atoms with Gasteiger partial charge in [0.1, 0.15) is 18.0 Å². The Bertz CT molecular complexity index is 431. The van der Waals surface area contributed by atoms with Gasteiger partial charge in [0.2, 0.25) is 0 Å². The number of halogens is 1. The van der Waals surface area contributed by atoms with Crippen molar-refractivity contribution in [3.63, 3.8) is 0 Å². The fraction of sp³-hybridized carbons (Fsp3) is 0.400. The van der Waals surface area contributed by atoms with Gasteiger partial charge in [-0.05, 0) is 25.5 Å². The van der Waals surface area contributed by atoms with E-state index in [2.05, 4.69) is 26.9 Å². The first kappa shape index (κ1) is 18.0. The summed E-state index contributed by atoms with van der Waals surface area (Å²) in [4.78, 5) is 12.0. The first-order valence-corrected chi connectivity index (χ1v) is 6.69. The fourth-order valence-electron chi connectivity index (χ4n) is 1.15. The second-order valence-corrected chi connectivity index (χ2v) is 3.77. The molecule has 0 radical (unpaired) electrons. The molecule has 0 aliphatic rings. The molecule has 0 aromatic rings. The molecule has 20 heavy (non-hydrogen) atoms. The molecule has 0 spiro atoms. The molecule has 0 amide bonds. The van der Waals surface area contributed by atoms with Crippen molar-refractivity contribution in [3.8, 4) is 0 Å². The second-order valence-electron chi connectivity index (χ2n) is 3.77. The summed E-state index contributed by atoms with van der Waals surface area (Å²) in [6.07, 6.45) is 8.49. The molecule has 0 unspecified atom stereocenters. The van der Waals surface area contributed by atoms with Gasteiger partial charge in [-0.15, -0.1) is 0 Å². The summed E-state index contributed by atoms with van der Waals surface area (Å²) >= 11 is 0. The molecule has 0 saturated heterocycles. The Labute approximate surface area is 120 Å². The highest BCUT2D eigenvalue weighted by atomic mass is 19.1. The Morgan fingerprint density at radius 1 is 1.20 bits per heavy atom. The van der Waals surface area contributed by atoms with Crippen molar-refractivity contribution in [2.45, 2.75) is 33.6 Å². The zero-order valence-electron chi connectivity index (χ0n) is 12.4. The highest BCUT2D eigenvalue weighted by Crippen LogP contribution is 1.98. The molecule has 4 nitrogen and oxygen atoms in total. The molecular weight excluding hydrogens is 255 g/mol. The van der Waals surface area contributed by atoms with Crippen LogP contribution in [0.3, 0.4) is 0 Å². The van der Waals surface area contributed by atoms with Crippen LogP contribution in [-0.2, 0) is 0 Å². The predicted molar refractivity (Wildman–Crippen MR) is 86.1 cm³/mol. The van der Waals surface area contributed by atoms with Crippen LogP contribution in [0.5, 0.6) is 0 Å². The van der Waals surface area contributed by atoms with Gasteiger partial charge >= 0.3 is 0 Å². The Balaban J connectivity index is 4.18. The van der Waals surface area contributed by atoms with Crippen molar-refractivity contribution >= 4 is 18.4 Å². The molecule has 0 aromatic carbocycles. The minimum absolute atomic E-state index is 0.211. The van der Waals surface area contributed by atoms with Crippen LogP contribution in [-0.4, -0.2) is 24.9 Å². The minimum Gasteiger partial charge on any atom is -0.345 e. The lowest BCUT2D eigenvalue weighted by atomic mass is 10.4. The van der Waals surface area contributed by atoms with Crippen molar-refractivity contribution in [1.29, 1.82) is 0 Å². The molecule has 0 rings (SSSR count). The molecular formula is C15H23FN4. The fourth-order valence-corrected chi connectivity index (χ4v) is 1.15. The van der Waals surface area contributed by atoms with Crippen LogP contribution in [0.25, 0.3) is 0 Å². The number of hydrogen-bond donors (Lipinski definition) is 1. The summed E-state index contributed by atoms with van der Waals surface area (Å²) in [6, 6.07) is 0. The first-order chi connectivity index (χ1) is 9.63. The van der Waals surface area contributed by atoms with Crippen LogP contribution in [0.15, 0.2) is 51.4 Å². The van der Waals surface area contributed by atoms with Gasteiger partial charge in [0, 0.05) is 31.1 Å². The molecule has 1 N–H and O–H groups in total. The SMILES string of the molecule is C=C(\C=C/N=C\N=C/C=C(/F)CC)N/C(CC)=N/CC. The average molecular weight is 278 g/mol. The molecule has 0 aliphatic carbocycles. The van der Waals surface area contributed by atoms with E-state index < -0.39 is 0 Å². The number of amidine groups is 1. The van der Waals surface area contributed by atoms with Crippen LogP contribution in [0.1, 0.15) is 33.6 Å². The van der Waals surface area contributed by atoms with Gasteiger partial charge in [-0.2, -0.15) is 0 Å². The molecule has 5 heteroatoms. The van der Waals surface area contributed by atoms with E-state index in [4.69, 9.17) is 0 Å². The molecule has 0 aliphatic heterocycles. The van der Waals surface area contributed by atoms with Gasteiger partial charge in [0.05, 0.1) is 0 Å². The number of nitrogens with zero attached hydrogens (tertiary/aromatic N) is 3. The number of hydrogen-bond acceptors (Lipinski definition) is 2. The molecule has 0 bridgehead atoms. The van der Waals surface area contributed by atoms with E-state index in [1.54, 1.807) is 19.2 Å². The maximum atomic E-state index is 12.7. The van der Waals surface area contributed by atoms with E-state index in [0.29, 0.717) is 12.1 Å². The Hall–Kier alpha value is -2.04. The lowest BCUT2D eigenvalue weighted by Crippen LogP contribution is -2.20. The Morgan fingerprint density at radius 2 is 1.95 bits per heavy atom. The summed E-state index contributed by atoms with van der Waals surface area (Å²) < 4.78 is 12.7. The quantitative estimate of drug-likeness (QED) is 0.410. The van der Waals surface area contributed by atoms with Crippen molar-refractivity contribution in [2.24, 2.45) is 15.0 Å². The molecule has 0 fully saturated rings. The van der Waals surface area contributed by atoms with Crippen LogP contribution < -0.4 is 5.32 Å². The van der Waals surface area contributed by atoms with Crippen LogP contribution in [0.4, 0.5) is 4.39 Å². The molecule has 0 heterocycles. The third-order valence-corrected chi connectivity index (χ3v) is 2.16. The molecule has 0 atom stereocenters. The average Bonchev–Trinajstić information content (AvgIpc) is 2.45. The number of allylic oxidation sites excluding steroid dienone is 3. The molecule has 0 saturated carbocycles. The number of aliphatic imine (C=N–C) groups is 3. The third-order valence-electron chi connectivity index (χ3n) is 2.16. The number of rotatable bonds is 8. The Morgan fingerprint density at radius 3 is 2.55 bits per heavy atom. The zero-order valence-corrected chi connectivity index (χ0v) is 12.4. The monoisotopic (exact) mass is 278 g/mol. The lowest BCUT2D eigenvalue weighted by molar-refractivity contribution is 0.606. The van der Waals surface area contributed by atoms with Gasteiger partial charge in [-0.25, -0.2) is 14.4 Å². The van der Waals surface area contributed by atoms with E-state index in [9.17, 15) is 4.39 Å². The van der Waals surface area contributed by atoms with E-state index >= 15 is 0 Å². The minimum atomic E-state index is -0.211. The highest BCUT2D eigenvalue weighted by Gasteiger charge is 1.93. The van der Waals surface area contributed by atoms with Gasteiger partial charge in [0.25, 0.3) is 0 Å². The largest absolute Gasteiger partial charge is 0.345 e. The van der Waals surface area contributed by atoms with E-state index in [0.717, 1.165) is 18.8 Å².